The van der Waals surface area contributed by atoms with Crippen molar-refractivity contribution in [2.75, 3.05) is 19.4 Å². The molecule has 0 bridgehead atoms. The third kappa shape index (κ3) is 2.85. The predicted molar refractivity (Wildman–Crippen MR) is 66.6 cm³/mol. The molecule has 0 amide bonds. The minimum Gasteiger partial charge on any atom is -0.357 e. The molecule has 19 heavy (non-hydrogen) atoms. The number of aromatic nitrogens is 5. The monoisotopic (exact) mass is 283 g/mol. The van der Waals surface area contributed by atoms with Crippen molar-refractivity contribution in [3.8, 4) is 0 Å². The van der Waals surface area contributed by atoms with Gasteiger partial charge >= 0.3 is 0 Å². The molecule has 0 spiro atoms. The molecule has 0 saturated heterocycles. The van der Waals surface area contributed by atoms with E-state index in [9.17, 15) is 8.42 Å². The summed E-state index contributed by atoms with van der Waals surface area (Å²) in [5.74, 6) is 0.815. The van der Waals surface area contributed by atoms with Crippen molar-refractivity contribution in [3.05, 3.63) is 24.5 Å². The second-order valence-corrected chi connectivity index (χ2v) is 5.73. The van der Waals surface area contributed by atoms with E-state index in [-0.39, 0.29) is 11.4 Å². The Hall–Kier alpha value is -2.07. The van der Waals surface area contributed by atoms with Crippen molar-refractivity contribution >= 4 is 16.0 Å². The maximum absolute atomic E-state index is 12.2. The fourth-order valence-electron chi connectivity index (χ4n) is 1.36. The lowest BCUT2D eigenvalue weighted by atomic mass is 10.6. The Kier molecular flexibility index (Phi) is 3.71. The van der Waals surface area contributed by atoms with Gasteiger partial charge in [0.25, 0.3) is 0 Å². The molecule has 0 saturated carbocycles. The third-order valence-electron chi connectivity index (χ3n) is 2.40. The molecule has 0 aliphatic rings. The summed E-state index contributed by atoms with van der Waals surface area (Å²) in [4.78, 5) is 11.7. The highest BCUT2D eigenvalue weighted by molar-refractivity contribution is 7.89. The molecule has 2 aromatic heterocycles. The molecule has 10 heteroatoms. The molecule has 2 rings (SSSR count). The van der Waals surface area contributed by atoms with Crippen LogP contribution in [-0.4, -0.2) is 52.0 Å². The van der Waals surface area contributed by atoms with E-state index in [0.29, 0.717) is 11.8 Å². The van der Waals surface area contributed by atoms with Gasteiger partial charge in [-0.1, -0.05) is 0 Å². The first kappa shape index (κ1) is 13.4. The van der Waals surface area contributed by atoms with E-state index in [1.165, 1.54) is 25.8 Å². The maximum atomic E-state index is 12.2. The van der Waals surface area contributed by atoms with Crippen molar-refractivity contribution < 1.29 is 8.42 Å². The normalized spacial score (nSPS) is 11.7. The van der Waals surface area contributed by atoms with Crippen molar-refractivity contribution in [3.63, 3.8) is 0 Å². The molecular formula is C9H13N7O2S. The molecule has 2 heterocycles. The van der Waals surface area contributed by atoms with Gasteiger partial charge in [0.05, 0.1) is 18.9 Å². The number of H-pyrrole nitrogens is 1. The van der Waals surface area contributed by atoms with Crippen LogP contribution in [0.5, 0.6) is 0 Å². The minimum absolute atomic E-state index is 0.0218. The average Bonchev–Trinajstić information content (AvgIpc) is 2.91. The lowest BCUT2D eigenvalue weighted by Crippen LogP contribution is -2.27. The van der Waals surface area contributed by atoms with Crippen LogP contribution in [0.1, 0.15) is 5.82 Å². The molecule has 0 radical (unpaired) electrons. The predicted octanol–water partition coefficient (Wildman–Crippen LogP) is -0.543. The van der Waals surface area contributed by atoms with Gasteiger partial charge in [0, 0.05) is 14.1 Å². The zero-order valence-electron chi connectivity index (χ0n) is 10.4. The van der Waals surface area contributed by atoms with Crippen LogP contribution in [0.15, 0.2) is 23.6 Å². The quantitative estimate of drug-likeness (QED) is 0.756. The first-order valence-electron chi connectivity index (χ1n) is 5.34. The fourth-order valence-corrected chi connectivity index (χ4v) is 2.39. The van der Waals surface area contributed by atoms with Crippen molar-refractivity contribution in [1.82, 2.24) is 29.5 Å². The van der Waals surface area contributed by atoms with Crippen LogP contribution in [0, 0.1) is 0 Å². The van der Waals surface area contributed by atoms with Crippen molar-refractivity contribution in [2.45, 2.75) is 11.4 Å². The topological polar surface area (TPSA) is 117 Å². The molecule has 0 aliphatic heterocycles. The number of anilines is 1. The summed E-state index contributed by atoms with van der Waals surface area (Å²) in [6.07, 6.45) is 3.83. The van der Waals surface area contributed by atoms with Gasteiger partial charge in [-0.25, -0.2) is 23.4 Å². The molecule has 2 N–H and O–H groups in total. The SMILES string of the molecule is CNc1ncc(S(=O)(=O)N(C)Cc2ncn[nH]2)cn1. The summed E-state index contributed by atoms with van der Waals surface area (Å²) in [5.41, 5.74) is 0. The van der Waals surface area contributed by atoms with Gasteiger partial charge in [0.2, 0.25) is 16.0 Å². The highest BCUT2D eigenvalue weighted by Crippen LogP contribution is 2.14. The smallest absolute Gasteiger partial charge is 0.246 e. The van der Waals surface area contributed by atoms with Gasteiger partial charge in [-0.2, -0.15) is 9.40 Å². The van der Waals surface area contributed by atoms with Gasteiger partial charge in [-0.3, -0.25) is 5.10 Å². The number of hydrogen-bond acceptors (Lipinski definition) is 7. The van der Waals surface area contributed by atoms with E-state index >= 15 is 0 Å². The van der Waals surface area contributed by atoms with Crippen LogP contribution < -0.4 is 5.32 Å². The largest absolute Gasteiger partial charge is 0.357 e. The first-order valence-corrected chi connectivity index (χ1v) is 6.78. The lowest BCUT2D eigenvalue weighted by molar-refractivity contribution is 0.456. The van der Waals surface area contributed by atoms with Crippen LogP contribution in [0.2, 0.25) is 0 Å². The molecule has 0 atom stereocenters. The summed E-state index contributed by atoms with van der Waals surface area (Å²) in [7, 11) is -0.547. The van der Waals surface area contributed by atoms with Crippen LogP contribution in [0.25, 0.3) is 0 Å². The summed E-state index contributed by atoms with van der Waals surface area (Å²) >= 11 is 0. The number of nitrogens with one attached hydrogen (secondary N) is 2. The second kappa shape index (κ2) is 5.28. The van der Waals surface area contributed by atoms with E-state index < -0.39 is 10.0 Å². The number of sulfonamides is 1. The summed E-state index contributed by atoms with van der Waals surface area (Å²) in [6, 6.07) is 0. The summed E-state index contributed by atoms with van der Waals surface area (Å²) in [5, 5.41) is 8.98. The van der Waals surface area contributed by atoms with E-state index in [2.05, 4.69) is 30.5 Å². The summed E-state index contributed by atoms with van der Waals surface area (Å²) in [6.45, 7) is 0.0934. The van der Waals surface area contributed by atoms with E-state index in [4.69, 9.17) is 0 Å². The van der Waals surface area contributed by atoms with Gasteiger partial charge in [0.1, 0.15) is 17.0 Å². The van der Waals surface area contributed by atoms with E-state index in [1.54, 1.807) is 7.05 Å². The van der Waals surface area contributed by atoms with E-state index in [0.717, 1.165) is 4.31 Å². The van der Waals surface area contributed by atoms with Crippen molar-refractivity contribution in [1.29, 1.82) is 0 Å². The number of hydrogen-bond donors (Lipinski definition) is 2. The van der Waals surface area contributed by atoms with Crippen LogP contribution in [-0.2, 0) is 16.6 Å². The molecule has 0 fully saturated rings. The van der Waals surface area contributed by atoms with Gasteiger partial charge in [-0.05, 0) is 0 Å². The minimum atomic E-state index is -3.65. The third-order valence-corrected chi connectivity index (χ3v) is 4.15. The van der Waals surface area contributed by atoms with Gasteiger partial charge in [-0.15, -0.1) is 0 Å². The average molecular weight is 283 g/mol. The van der Waals surface area contributed by atoms with Crippen LogP contribution >= 0.6 is 0 Å². The Morgan fingerprint density at radius 3 is 2.53 bits per heavy atom. The molecule has 0 aromatic carbocycles. The Labute approximate surface area is 110 Å². The fraction of sp³-hybridized carbons (Fsp3) is 0.333. The zero-order chi connectivity index (χ0) is 13.9. The zero-order valence-corrected chi connectivity index (χ0v) is 11.2. The summed E-state index contributed by atoms with van der Waals surface area (Å²) < 4.78 is 25.6. The Morgan fingerprint density at radius 1 is 1.32 bits per heavy atom. The van der Waals surface area contributed by atoms with E-state index in [1.807, 2.05) is 0 Å². The van der Waals surface area contributed by atoms with Crippen molar-refractivity contribution in [2.24, 2.45) is 0 Å². The lowest BCUT2D eigenvalue weighted by Gasteiger charge is -2.15. The molecule has 0 unspecified atom stereocenters. The van der Waals surface area contributed by atoms with Crippen LogP contribution in [0.4, 0.5) is 5.95 Å². The maximum Gasteiger partial charge on any atom is 0.246 e. The molecule has 0 aliphatic carbocycles. The number of rotatable bonds is 5. The van der Waals surface area contributed by atoms with Crippen LogP contribution in [0.3, 0.4) is 0 Å². The number of nitrogens with zero attached hydrogens (tertiary/aromatic N) is 5. The Bertz CT molecular complexity index is 623. The Balaban J connectivity index is 2.20. The standard InChI is InChI=1S/C9H13N7O2S/c1-10-9-11-3-7(4-12-9)19(17,18)16(2)5-8-13-6-14-15-8/h3-4,6H,5H2,1-2H3,(H,10,11,12)(H,13,14,15). The Morgan fingerprint density at radius 2 is 2.00 bits per heavy atom. The highest BCUT2D eigenvalue weighted by Gasteiger charge is 2.22. The molecular weight excluding hydrogens is 270 g/mol. The molecule has 102 valence electrons. The van der Waals surface area contributed by atoms with Gasteiger partial charge in [0.15, 0.2) is 0 Å². The second-order valence-electron chi connectivity index (χ2n) is 3.69. The molecule has 2 aromatic rings. The highest BCUT2D eigenvalue weighted by atomic mass is 32.2. The molecule has 9 nitrogen and oxygen atoms in total. The number of aromatic amines is 1. The first-order chi connectivity index (χ1) is 9.04. The van der Waals surface area contributed by atoms with Gasteiger partial charge < -0.3 is 5.32 Å².